The Labute approximate surface area is 123 Å². The second-order valence-electron chi connectivity index (χ2n) is 5.36. The molecule has 0 spiro atoms. The molecule has 1 atom stereocenters. The number of methoxy groups -OCH3 is 1. The van der Waals surface area contributed by atoms with Crippen molar-refractivity contribution in [3.63, 3.8) is 0 Å². The fourth-order valence-corrected chi connectivity index (χ4v) is 2.51. The van der Waals surface area contributed by atoms with Gasteiger partial charge in [0.15, 0.2) is 0 Å². The highest BCUT2D eigenvalue weighted by Gasteiger charge is 2.36. The van der Waals surface area contributed by atoms with Crippen molar-refractivity contribution in [1.29, 1.82) is 0 Å². The minimum Gasteiger partial charge on any atom is -0.383 e. The van der Waals surface area contributed by atoms with E-state index in [9.17, 15) is 10.1 Å². The van der Waals surface area contributed by atoms with Gasteiger partial charge in [-0.3, -0.25) is 10.1 Å². The van der Waals surface area contributed by atoms with Crippen molar-refractivity contribution in [2.24, 2.45) is 5.92 Å². The van der Waals surface area contributed by atoms with Crippen LogP contribution in [0.25, 0.3) is 0 Å². The third-order valence-electron chi connectivity index (χ3n) is 3.84. The van der Waals surface area contributed by atoms with E-state index in [2.05, 4.69) is 16.9 Å². The first-order valence-electron chi connectivity index (χ1n) is 6.99. The molecule has 8 nitrogen and oxygen atoms in total. The first-order valence-corrected chi connectivity index (χ1v) is 6.99. The van der Waals surface area contributed by atoms with Gasteiger partial charge < -0.3 is 15.4 Å². The summed E-state index contributed by atoms with van der Waals surface area (Å²) in [5, 5.41) is 11.4. The number of hydrogen-bond donors (Lipinski definition) is 1. The number of aryl methyl sites for hydroxylation is 1. The maximum Gasteiger partial charge on any atom is 0.332 e. The molecule has 2 rings (SSSR count). The van der Waals surface area contributed by atoms with Gasteiger partial charge in [-0.05, 0) is 32.6 Å². The summed E-state index contributed by atoms with van der Waals surface area (Å²) < 4.78 is 5.12. The number of anilines is 2. The molecule has 1 aromatic heterocycles. The maximum absolute atomic E-state index is 11.4. The van der Waals surface area contributed by atoms with Crippen LogP contribution < -0.4 is 10.6 Å². The topological polar surface area (TPSA) is 107 Å². The van der Waals surface area contributed by atoms with Crippen molar-refractivity contribution in [3.05, 3.63) is 15.8 Å². The number of aromatic nitrogens is 2. The van der Waals surface area contributed by atoms with Gasteiger partial charge in [-0.1, -0.05) is 0 Å². The van der Waals surface area contributed by atoms with Crippen molar-refractivity contribution in [2.45, 2.75) is 32.7 Å². The number of nitrogen functional groups attached to an aromatic ring is 1. The van der Waals surface area contributed by atoms with Gasteiger partial charge in [-0.2, -0.15) is 4.98 Å². The predicted octanol–water partition coefficient (Wildman–Crippen LogP) is 1.53. The zero-order chi connectivity index (χ0) is 15.6. The Morgan fingerprint density at radius 3 is 2.71 bits per heavy atom. The first-order chi connectivity index (χ1) is 9.95. The van der Waals surface area contributed by atoms with Crippen LogP contribution in [0.5, 0.6) is 0 Å². The van der Waals surface area contributed by atoms with Gasteiger partial charge in [0.05, 0.1) is 11.5 Å². The Balaban J connectivity index is 2.44. The largest absolute Gasteiger partial charge is 0.383 e. The van der Waals surface area contributed by atoms with Crippen LogP contribution >= 0.6 is 0 Å². The lowest BCUT2D eigenvalue weighted by Crippen LogP contribution is -2.38. The van der Waals surface area contributed by atoms with E-state index in [1.54, 1.807) is 14.0 Å². The molecule has 1 saturated carbocycles. The van der Waals surface area contributed by atoms with Gasteiger partial charge in [0.1, 0.15) is 5.69 Å². The molecule has 1 fully saturated rings. The van der Waals surface area contributed by atoms with E-state index in [1.165, 1.54) is 0 Å². The van der Waals surface area contributed by atoms with E-state index in [1.807, 2.05) is 4.90 Å². The molecule has 0 bridgehead atoms. The molecule has 1 unspecified atom stereocenters. The van der Waals surface area contributed by atoms with Crippen LogP contribution in [-0.4, -0.2) is 41.2 Å². The van der Waals surface area contributed by atoms with Crippen LogP contribution in [0.2, 0.25) is 0 Å². The zero-order valence-electron chi connectivity index (χ0n) is 12.6. The predicted molar refractivity (Wildman–Crippen MR) is 79.2 cm³/mol. The van der Waals surface area contributed by atoms with Gasteiger partial charge in [0.25, 0.3) is 0 Å². The number of rotatable bonds is 7. The second-order valence-corrected chi connectivity index (χ2v) is 5.36. The highest BCUT2D eigenvalue weighted by molar-refractivity contribution is 5.62. The lowest BCUT2D eigenvalue weighted by Gasteiger charge is -2.30. The first kappa shape index (κ1) is 15.4. The highest BCUT2D eigenvalue weighted by Crippen LogP contribution is 2.39. The van der Waals surface area contributed by atoms with E-state index in [0.717, 1.165) is 12.8 Å². The second kappa shape index (κ2) is 6.21. The number of nitro groups is 1. The molecule has 0 radical (unpaired) electrons. The minimum atomic E-state index is -0.441. The van der Waals surface area contributed by atoms with E-state index in [-0.39, 0.29) is 23.4 Å². The highest BCUT2D eigenvalue weighted by atomic mass is 16.6. The summed E-state index contributed by atoms with van der Waals surface area (Å²) in [6, 6.07) is 0.160. The molecule has 0 aromatic carbocycles. The Kier molecular flexibility index (Phi) is 4.56. The quantitative estimate of drug-likeness (QED) is 0.600. The van der Waals surface area contributed by atoms with Gasteiger partial charge in [0, 0.05) is 19.7 Å². The number of nitrogens with two attached hydrogens (primary N) is 1. The van der Waals surface area contributed by atoms with Crippen molar-refractivity contribution < 1.29 is 9.66 Å². The summed E-state index contributed by atoms with van der Waals surface area (Å²) in [6.07, 6.45) is 2.27. The molecular formula is C13H21N5O3. The Bertz CT molecular complexity index is 533. The lowest BCUT2D eigenvalue weighted by atomic mass is 10.1. The van der Waals surface area contributed by atoms with E-state index >= 15 is 0 Å². The Hall–Kier alpha value is -1.96. The maximum atomic E-state index is 11.4. The van der Waals surface area contributed by atoms with E-state index < -0.39 is 4.92 Å². The molecule has 0 saturated heterocycles. The number of hydrogen-bond acceptors (Lipinski definition) is 7. The fourth-order valence-electron chi connectivity index (χ4n) is 2.51. The third-order valence-corrected chi connectivity index (χ3v) is 3.84. The molecule has 0 amide bonds. The molecule has 1 aliphatic carbocycles. The van der Waals surface area contributed by atoms with Crippen molar-refractivity contribution in [3.8, 4) is 0 Å². The SMILES string of the molecule is COCCN(c1nc(N)nc(C)c1[N+](=O)[O-])C(C)C1CC1. The summed E-state index contributed by atoms with van der Waals surface area (Å²) in [6.45, 7) is 4.64. The minimum absolute atomic E-state index is 0.0542. The van der Waals surface area contributed by atoms with Gasteiger partial charge in [-0.25, -0.2) is 4.98 Å². The molecule has 2 N–H and O–H groups in total. The number of ether oxygens (including phenoxy) is 1. The van der Waals surface area contributed by atoms with Crippen LogP contribution in [0.1, 0.15) is 25.5 Å². The molecule has 0 aliphatic heterocycles. The molecule has 116 valence electrons. The fraction of sp³-hybridized carbons (Fsp3) is 0.692. The number of nitrogens with zero attached hydrogens (tertiary/aromatic N) is 4. The van der Waals surface area contributed by atoms with Crippen molar-refractivity contribution in [2.75, 3.05) is 30.9 Å². The van der Waals surface area contributed by atoms with Crippen molar-refractivity contribution >= 4 is 17.5 Å². The van der Waals surface area contributed by atoms with Crippen LogP contribution in [0.15, 0.2) is 0 Å². The Morgan fingerprint density at radius 1 is 1.52 bits per heavy atom. The summed E-state index contributed by atoms with van der Waals surface area (Å²) in [4.78, 5) is 20.9. The average molecular weight is 295 g/mol. The average Bonchev–Trinajstić information content (AvgIpc) is 3.21. The third kappa shape index (κ3) is 3.38. The van der Waals surface area contributed by atoms with Crippen LogP contribution in [0, 0.1) is 23.0 Å². The summed E-state index contributed by atoms with van der Waals surface area (Å²) in [7, 11) is 1.61. The van der Waals surface area contributed by atoms with Crippen LogP contribution in [-0.2, 0) is 4.74 Å². The Morgan fingerprint density at radius 2 is 2.19 bits per heavy atom. The van der Waals surface area contributed by atoms with Gasteiger partial charge in [0.2, 0.25) is 11.8 Å². The monoisotopic (exact) mass is 295 g/mol. The molecule has 8 heteroatoms. The van der Waals surface area contributed by atoms with E-state index in [4.69, 9.17) is 10.5 Å². The molecule has 1 aromatic rings. The van der Waals surface area contributed by atoms with Gasteiger partial charge >= 0.3 is 5.69 Å². The summed E-state index contributed by atoms with van der Waals surface area (Å²) >= 11 is 0. The van der Waals surface area contributed by atoms with E-state index in [0.29, 0.717) is 24.9 Å². The van der Waals surface area contributed by atoms with Crippen LogP contribution in [0.4, 0.5) is 17.5 Å². The van der Waals surface area contributed by atoms with Crippen molar-refractivity contribution in [1.82, 2.24) is 9.97 Å². The smallest absolute Gasteiger partial charge is 0.332 e. The standard InChI is InChI=1S/C13H21N5O3/c1-8-11(18(19)20)12(16-13(14)15-8)17(6-7-21-3)9(2)10-4-5-10/h9-10H,4-7H2,1-3H3,(H2,14,15,16). The van der Waals surface area contributed by atoms with Gasteiger partial charge in [-0.15, -0.1) is 0 Å². The lowest BCUT2D eigenvalue weighted by molar-refractivity contribution is -0.385. The molecule has 21 heavy (non-hydrogen) atoms. The summed E-state index contributed by atoms with van der Waals surface area (Å²) in [5.74, 6) is 0.887. The molecular weight excluding hydrogens is 274 g/mol. The normalized spacial score (nSPS) is 15.8. The molecule has 1 heterocycles. The molecule has 1 aliphatic rings. The summed E-state index contributed by atoms with van der Waals surface area (Å²) in [5.41, 5.74) is 5.89. The zero-order valence-corrected chi connectivity index (χ0v) is 12.6. The van der Waals surface area contributed by atoms with Crippen LogP contribution in [0.3, 0.4) is 0 Å².